The van der Waals surface area contributed by atoms with Gasteiger partial charge in [-0.25, -0.2) is 0 Å². The highest BCUT2D eigenvalue weighted by molar-refractivity contribution is 6.31. The molecular formula is C13H21Cl2N3. The van der Waals surface area contributed by atoms with Crippen LogP contribution in [-0.2, 0) is 20.0 Å². The van der Waals surface area contributed by atoms with Gasteiger partial charge in [-0.05, 0) is 19.3 Å². The van der Waals surface area contributed by atoms with Crippen molar-refractivity contribution in [3.05, 3.63) is 16.4 Å². The lowest BCUT2D eigenvalue weighted by Gasteiger charge is -2.28. The van der Waals surface area contributed by atoms with E-state index in [1.165, 1.54) is 12.8 Å². The van der Waals surface area contributed by atoms with E-state index in [0.717, 1.165) is 42.2 Å². The summed E-state index contributed by atoms with van der Waals surface area (Å²) in [6, 6.07) is 0.399. The molecule has 0 radical (unpaired) electrons. The smallest absolute Gasteiger partial charge is 0.0863 e. The highest BCUT2D eigenvalue weighted by atomic mass is 35.5. The molecule has 1 fully saturated rings. The van der Waals surface area contributed by atoms with E-state index in [-0.39, 0.29) is 5.38 Å². The monoisotopic (exact) mass is 289 g/mol. The third-order valence-electron chi connectivity index (χ3n) is 3.72. The van der Waals surface area contributed by atoms with Crippen molar-refractivity contribution in [1.82, 2.24) is 15.1 Å². The maximum Gasteiger partial charge on any atom is 0.0863 e. The van der Waals surface area contributed by atoms with Gasteiger partial charge in [0.1, 0.15) is 0 Å². The largest absolute Gasteiger partial charge is 0.307 e. The van der Waals surface area contributed by atoms with E-state index in [1.807, 2.05) is 11.7 Å². The summed E-state index contributed by atoms with van der Waals surface area (Å²) < 4.78 is 1.88. The Hall–Kier alpha value is -0.250. The van der Waals surface area contributed by atoms with Crippen molar-refractivity contribution in [2.75, 3.05) is 0 Å². The zero-order valence-electron chi connectivity index (χ0n) is 11.0. The minimum absolute atomic E-state index is 0.247. The topological polar surface area (TPSA) is 29.9 Å². The van der Waals surface area contributed by atoms with Crippen molar-refractivity contribution in [3.8, 4) is 0 Å². The normalized spacial score (nSPS) is 24.4. The molecule has 1 heterocycles. The first-order valence-corrected chi connectivity index (χ1v) is 7.52. The van der Waals surface area contributed by atoms with Crippen LogP contribution in [0.3, 0.4) is 0 Å². The Morgan fingerprint density at radius 2 is 2.11 bits per heavy atom. The second-order valence-electron chi connectivity index (χ2n) is 4.97. The van der Waals surface area contributed by atoms with E-state index >= 15 is 0 Å². The van der Waals surface area contributed by atoms with Gasteiger partial charge in [0.2, 0.25) is 0 Å². The lowest BCUT2D eigenvalue weighted by Crippen LogP contribution is -2.39. The number of rotatable bonds is 4. The molecule has 2 rings (SSSR count). The Morgan fingerprint density at radius 3 is 2.72 bits per heavy atom. The Labute approximate surface area is 119 Å². The van der Waals surface area contributed by atoms with Gasteiger partial charge >= 0.3 is 0 Å². The van der Waals surface area contributed by atoms with Crippen LogP contribution in [0.15, 0.2) is 0 Å². The van der Waals surface area contributed by atoms with Crippen molar-refractivity contribution in [2.24, 2.45) is 7.05 Å². The predicted octanol–water partition coefficient (Wildman–Crippen LogP) is 3.28. The van der Waals surface area contributed by atoms with Crippen LogP contribution < -0.4 is 5.32 Å². The van der Waals surface area contributed by atoms with Crippen molar-refractivity contribution in [2.45, 2.75) is 57.0 Å². The molecule has 1 N–H and O–H groups in total. The molecule has 2 unspecified atom stereocenters. The highest BCUT2D eigenvalue weighted by Crippen LogP contribution is 2.25. The van der Waals surface area contributed by atoms with Crippen LogP contribution in [0.1, 0.15) is 44.0 Å². The standard InChI is InChI=1S/C13H21Cl2N3/c1-3-10-13(15)12(18(2)17-10)8-16-11-7-5-4-6-9(11)14/h9,11,16H,3-8H2,1-2H3. The van der Waals surface area contributed by atoms with E-state index in [4.69, 9.17) is 23.2 Å². The summed E-state index contributed by atoms with van der Waals surface area (Å²) in [5, 5.41) is 9.00. The Morgan fingerprint density at radius 1 is 1.39 bits per heavy atom. The minimum Gasteiger partial charge on any atom is -0.307 e. The number of nitrogens with one attached hydrogen (secondary N) is 1. The predicted molar refractivity (Wildman–Crippen MR) is 76.3 cm³/mol. The fourth-order valence-corrected chi connectivity index (χ4v) is 3.29. The molecule has 0 aromatic carbocycles. The van der Waals surface area contributed by atoms with Crippen LogP contribution in [0, 0.1) is 0 Å². The number of alkyl halides is 1. The molecular weight excluding hydrogens is 269 g/mol. The van der Waals surface area contributed by atoms with Gasteiger partial charge < -0.3 is 5.32 Å². The first kappa shape index (κ1) is 14.2. The fraction of sp³-hybridized carbons (Fsp3) is 0.769. The van der Waals surface area contributed by atoms with Gasteiger partial charge in [-0.1, -0.05) is 31.4 Å². The van der Waals surface area contributed by atoms with Gasteiger partial charge in [-0.2, -0.15) is 5.10 Å². The molecule has 0 spiro atoms. The molecule has 1 saturated carbocycles. The third-order valence-corrected chi connectivity index (χ3v) is 4.67. The molecule has 18 heavy (non-hydrogen) atoms. The molecule has 1 aliphatic carbocycles. The quantitative estimate of drug-likeness (QED) is 0.862. The van der Waals surface area contributed by atoms with Crippen molar-refractivity contribution in [3.63, 3.8) is 0 Å². The first-order valence-electron chi connectivity index (χ1n) is 6.71. The van der Waals surface area contributed by atoms with Gasteiger partial charge in [-0.15, -0.1) is 11.6 Å². The Kier molecular flexibility index (Phi) is 4.93. The van der Waals surface area contributed by atoms with Crippen molar-refractivity contribution in [1.29, 1.82) is 0 Å². The molecule has 0 saturated heterocycles. The van der Waals surface area contributed by atoms with Crippen molar-refractivity contribution < 1.29 is 0 Å². The third kappa shape index (κ3) is 3.01. The summed E-state index contributed by atoms with van der Waals surface area (Å²) in [7, 11) is 1.95. The zero-order chi connectivity index (χ0) is 13.1. The molecule has 0 amide bonds. The lowest BCUT2D eigenvalue weighted by molar-refractivity contribution is 0.374. The van der Waals surface area contributed by atoms with Gasteiger partial charge in [-0.3, -0.25) is 4.68 Å². The molecule has 5 heteroatoms. The van der Waals surface area contributed by atoms with E-state index < -0.39 is 0 Å². The molecule has 2 atom stereocenters. The van der Waals surface area contributed by atoms with Crippen LogP contribution in [0.5, 0.6) is 0 Å². The SMILES string of the molecule is CCc1nn(C)c(CNC2CCCCC2Cl)c1Cl. The van der Waals surface area contributed by atoms with Gasteiger partial charge in [0, 0.05) is 25.0 Å². The minimum atomic E-state index is 0.247. The average molecular weight is 290 g/mol. The summed E-state index contributed by atoms with van der Waals surface area (Å²) in [5.74, 6) is 0. The lowest BCUT2D eigenvalue weighted by atomic mass is 9.95. The van der Waals surface area contributed by atoms with Crippen LogP contribution in [0.25, 0.3) is 0 Å². The van der Waals surface area contributed by atoms with Crippen LogP contribution in [0.2, 0.25) is 5.02 Å². The maximum absolute atomic E-state index is 6.34. The molecule has 1 aromatic heterocycles. The molecule has 102 valence electrons. The molecule has 0 aliphatic heterocycles. The molecule has 1 aromatic rings. The van der Waals surface area contributed by atoms with Crippen LogP contribution >= 0.6 is 23.2 Å². The second-order valence-corrected chi connectivity index (χ2v) is 5.91. The molecule has 3 nitrogen and oxygen atoms in total. The number of nitrogens with zero attached hydrogens (tertiary/aromatic N) is 2. The summed E-state index contributed by atoms with van der Waals surface area (Å²) in [6.45, 7) is 2.82. The van der Waals surface area contributed by atoms with E-state index in [2.05, 4.69) is 17.3 Å². The van der Waals surface area contributed by atoms with Crippen LogP contribution in [0.4, 0.5) is 0 Å². The van der Waals surface area contributed by atoms with E-state index in [1.54, 1.807) is 0 Å². The Balaban J connectivity index is 1.99. The average Bonchev–Trinajstić information content (AvgIpc) is 2.64. The number of hydrogen-bond donors (Lipinski definition) is 1. The zero-order valence-corrected chi connectivity index (χ0v) is 12.6. The first-order chi connectivity index (χ1) is 8.63. The summed E-state index contributed by atoms with van der Waals surface area (Å²) >= 11 is 12.7. The van der Waals surface area contributed by atoms with E-state index in [0.29, 0.717) is 6.04 Å². The maximum atomic E-state index is 6.34. The molecule has 1 aliphatic rings. The van der Waals surface area contributed by atoms with E-state index in [9.17, 15) is 0 Å². The summed E-state index contributed by atoms with van der Waals surface area (Å²) in [6.07, 6.45) is 5.65. The van der Waals surface area contributed by atoms with Crippen molar-refractivity contribution >= 4 is 23.2 Å². The Bertz CT molecular complexity index is 403. The number of hydrogen-bond acceptors (Lipinski definition) is 2. The number of halogens is 2. The molecule has 0 bridgehead atoms. The number of aryl methyl sites for hydroxylation is 2. The van der Waals surface area contributed by atoms with Crippen LogP contribution in [-0.4, -0.2) is 21.2 Å². The van der Waals surface area contributed by atoms with Gasteiger partial charge in [0.15, 0.2) is 0 Å². The highest BCUT2D eigenvalue weighted by Gasteiger charge is 2.23. The summed E-state index contributed by atoms with van der Waals surface area (Å²) in [5.41, 5.74) is 2.03. The number of aromatic nitrogens is 2. The van der Waals surface area contributed by atoms with Gasteiger partial charge in [0.25, 0.3) is 0 Å². The summed E-state index contributed by atoms with van der Waals surface area (Å²) in [4.78, 5) is 0. The van der Waals surface area contributed by atoms with Gasteiger partial charge in [0.05, 0.1) is 16.4 Å². The fourth-order valence-electron chi connectivity index (χ4n) is 2.56. The second kappa shape index (κ2) is 6.27.